The molecular weight excluding hydrogens is 398 g/mol. The van der Waals surface area contributed by atoms with E-state index in [0.717, 1.165) is 23.3 Å². The molecule has 0 fully saturated rings. The van der Waals surface area contributed by atoms with Crippen molar-refractivity contribution in [3.05, 3.63) is 63.5 Å². The van der Waals surface area contributed by atoms with Crippen LogP contribution in [0.5, 0.6) is 0 Å². The van der Waals surface area contributed by atoms with Gasteiger partial charge in [0, 0.05) is 19.4 Å². The van der Waals surface area contributed by atoms with E-state index < -0.39 is 0 Å². The Morgan fingerprint density at radius 2 is 2.00 bits per heavy atom. The van der Waals surface area contributed by atoms with Gasteiger partial charge in [0.25, 0.3) is 5.56 Å². The lowest BCUT2D eigenvalue weighted by molar-refractivity contribution is -0.121. The zero-order chi connectivity index (χ0) is 21.1. The third-order valence-electron chi connectivity index (χ3n) is 5.21. The van der Waals surface area contributed by atoms with Crippen molar-refractivity contribution in [1.29, 1.82) is 0 Å². The van der Waals surface area contributed by atoms with E-state index in [0.29, 0.717) is 36.3 Å². The van der Waals surface area contributed by atoms with Crippen molar-refractivity contribution in [3.8, 4) is 0 Å². The molecule has 1 amide bonds. The molecule has 3 aromatic heterocycles. The number of aromatic nitrogens is 4. The van der Waals surface area contributed by atoms with Gasteiger partial charge < -0.3 is 5.32 Å². The summed E-state index contributed by atoms with van der Waals surface area (Å²) in [5.74, 6) is 1.37. The van der Waals surface area contributed by atoms with Gasteiger partial charge in [-0.25, -0.2) is 0 Å². The van der Waals surface area contributed by atoms with Crippen LogP contribution in [0.3, 0.4) is 0 Å². The predicted octanol–water partition coefficient (Wildman–Crippen LogP) is 3.72. The molecule has 7 nitrogen and oxygen atoms in total. The number of carbonyl (C=O) groups excluding carboxylic acids is 1. The average molecular weight is 424 g/mol. The third-order valence-corrected chi connectivity index (χ3v) is 6.10. The van der Waals surface area contributed by atoms with Gasteiger partial charge in [-0.2, -0.15) is 0 Å². The Bertz CT molecular complexity index is 1230. The van der Waals surface area contributed by atoms with Crippen molar-refractivity contribution >= 4 is 33.2 Å². The second-order valence-electron chi connectivity index (χ2n) is 7.40. The first-order valence-electron chi connectivity index (χ1n) is 10.3. The number of nitrogens with zero attached hydrogens (tertiary/aromatic N) is 4. The van der Waals surface area contributed by atoms with E-state index in [-0.39, 0.29) is 17.5 Å². The minimum atomic E-state index is -0.0264. The molecule has 8 heteroatoms. The van der Waals surface area contributed by atoms with Crippen molar-refractivity contribution in [3.63, 3.8) is 0 Å². The molecule has 4 aromatic rings. The fourth-order valence-corrected chi connectivity index (χ4v) is 4.54. The highest BCUT2D eigenvalue weighted by Crippen LogP contribution is 2.20. The monoisotopic (exact) mass is 423 g/mol. The number of benzene rings is 1. The first kappa shape index (κ1) is 20.3. The summed E-state index contributed by atoms with van der Waals surface area (Å²) >= 11 is 1.44. The molecule has 0 aliphatic rings. The minimum Gasteiger partial charge on any atom is -0.350 e. The Morgan fingerprint density at radius 3 is 2.77 bits per heavy atom. The van der Waals surface area contributed by atoms with Gasteiger partial charge >= 0.3 is 0 Å². The van der Waals surface area contributed by atoms with Gasteiger partial charge in [-0.3, -0.25) is 18.6 Å². The van der Waals surface area contributed by atoms with Crippen LogP contribution in [0.1, 0.15) is 50.5 Å². The zero-order valence-corrected chi connectivity index (χ0v) is 18.0. The van der Waals surface area contributed by atoms with Crippen LogP contribution in [0.4, 0.5) is 0 Å². The molecule has 1 atom stereocenters. The van der Waals surface area contributed by atoms with Crippen molar-refractivity contribution < 1.29 is 4.79 Å². The highest BCUT2D eigenvalue weighted by molar-refractivity contribution is 7.17. The standard InChI is InChI=1S/C22H25N5O2S/c1-3-13-26-21(29)20-17(12-14-30-20)27-18(24-25-22(26)27)10-7-11-19(28)23-15(2)16-8-5-4-6-9-16/h4-6,8-9,12,14-15H,3,7,10-11,13H2,1-2H3,(H,23,28)/t15-/m1/s1. The molecule has 0 radical (unpaired) electrons. The summed E-state index contributed by atoms with van der Waals surface area (Å²) in [4.78, 5) is 25.1. The predicted molar refractivity (Wildman–Crippen MR) is 119 cm³/mol. The molecular formula is C22H25N5O2S. The Labute approximate surface area is 178 Å². The minimum absolute atomic E-state index is 0.0115. The maximum atomic E-state index is 12.8. The lowest BCUT2D eigenvalue weighted by Gasteiger charge is -2.14. The molecule has 0 saturated heterocycles. The molecule has 0 spiro atoms. The van der Waals surface area contributed by atoms with E-state index in [1.54, 1.807) is 4.57 Å². The number of fused-ring (bicyclic) bond motifs is 3. The molecule has 1 aromatic carbocycles. The second kappa shape index (κ2) is 8.79. The Hall–Kier alpha value is -3.00. The van der Waals surface area contributed by atoms with Crippen molar-refractivity contribution in [2.75, 3.05) is 0 Å². The van der Waals surface area contributed by atoms with Crippen LogP contribution in [0, 0.1) is 0 Å². The molecule has 0 unspecified atom stereocenters. The number of hydrogen-bond donors (Lipinski definition) is 1. The van der Waals surface area contributed by atoms with Gasteiger partial charge in [-0.1, -0.05) is 37.3 Å². The van der Waals surface area contributed by atoms with Crippen LogP contribution in [-0.4, -0.2) is 25.1 Å². The first-order chi connectivity index (χ1) is 14.6. The number of rotatable bonds is 8. The van der Waals surface area contributed by atoms with Gasteiger partial charge in [0.1, 0.15) is 10.5 Å². The highest BCUT2D eigenvalue weighted by atomic mass is 32.1. The van der Waals surface area contributed by atoms with E-state index in [9.17, 15) is 9.59 Å². The van der Waals surface area contributed by atoms with Crippen LogP contribution in [0.25, 0.3) is 16.0 Å². The number of carbonyl (C=O) groups is 1. The van der Waals surface area contributed by atoms with Gasteiger partial charge in [0.15, 0.2) is 0 Å². The van der Waals surface area contributed by atoms with Gasteiger partial charge in [0.2, 0.25) is 11.7 Å². The number of amides is 1. The molecule has 0 aliphatic heterocycles. The molecule has 3 heterocycles. The maximum absolute atomic E-state index is 12.8. The van der Waals surface area contributed by atoms with Crippen LogP contribution in [-0.2, 0) is 17.8 Å². The summed E-state index contributed by atoms with van der Waals surface area (Å²) in [6, 6.07) is 11.8. The Morgan fingerprint density at radius 1 is 1.20 bits per heavy atom. The van der Waals surface area contributed by atoms with E-state index >= 15 is 0 Å². The molecule has 0 bridgehead atoms. The lowest BCUT2D eigenvalue weighted by Crippen LogP contribution is -2.26. The summed E-state index contributed by atoms with van der Waals surface area (Å²) < 4.78 is 4.38. The molecule has 0 aliphatic carbocycles. The van der Waals surface area contributed by atoms with E-state index in [1.165, 1.54) is 11.3 Å². The SMILES string of the molecule is CCCn1c(=O)c2sccc2n2c(CCCC(=O)N[C@H](C)c3ccccc3)nnc12. The molecule has 30 heavy (non-hydrogen) atoms. The van der Waals surface area contributed by atoms with Crippen LogP contribution in [0.15, 0.2) is 46.6 Å². The largest absolute Gasteiger partial charge is 0.350 e. The molecule has 156 valence electrons. The fourth-order valence-electron chi connectivity index (χ4n) is 3.71. The maximum Gasteiger partial charge on any atom is 0.272 e. The van der Waals surface area contributed by atoms with E-state index in [4.69, 9.17) is 0 Å². The van der Waals surface area contributed by atoms with Gasteiger partial charge in [-0.05, 0) is 36.8 Å². The van der Waals surface area contributed by atoms with E-state index in [2.05, 4.69) is 15.5 Å². The highest BCUT2D eigenvalue weighted by Gasteiger charge is 2.17. The quantitative estimate of drug-likeness (QED) is 0.468. The van der Waals surface area contributed by atoms with Crippen molar-refractivity contribution in [1.82, 2.24) is 24.5 Å². The summed E-state index contributed by atoms with van der Waals surface area (Å²) in [7, 11) is 0. The van der Waals surface area contributed by atoms with Crippen LogP contribution >= 0.6 is 11.3 Å². The normalized spacial score (nSPS) is 12.5. The fraction of sp³-hybridized carbons (Fsp3) is 0.364. The Balaban J connectivity index is 1.48. The third kappa shape index (κ3) is 3.87. The van der Waals surface area contributed by atoms with Crippen molar-refractivity contribution in [2.24, 2.45) is 0 Å². The number of thiophene rings is 1. The second-order valence-corrected chi connectivity index (χ2v) is 8.31. The van der Waals surface area contributed by atoms with Crippen LogP contribution < -0.4 is 10.9 Å². The molecule has 4 rings (SSSR count). The molecule has 1 N–H and O–H groups in total. The van der Waals surface area contributed by atoms with Gasteiger partial charge in [0.05, 0.1) is 11.6 Å². The van der Waals surface area contributed by atoms with E-state index in [1.807, 2.05) is 60.0 Å². The Kier molecular flexibility index (Phi) is 5.94. The zero-order valence-electron chi connectivity index (χ0n) is 17.2. The summed E-state index contributed by atoms with van der Waals surface area (Å²) in [5.41, 5.74) is 1.92. The first-order valence-corrected chi connectivity index (χ1v) is 11.2. The lowest BCUT2D eigenvalue weighted by atomic mass is 10.1. The molecule has 0 saturated carbocycles. The van der Waals surface area contributed by atoms with Crippen molar-refractivity contribution in [2.45, 2.75) is 52.1 Å². The number of nitrogens with one attached hydrogen (secondary N) is 1. The topological polar surface area (TPSA) is 81.3 Å². The summed E-state index contributed by atoms with van der Waals surface area (Å²) in [5, 5.41) is 13.6. The summed E-state index contributed by atoms with van der Waals surface area (Å²) in [6.45, 7) is 4.63. The summed E-state index contributed by atoms with van der Waals surface area (Å²) in [6.07, 6.45) is 2.53. The van der Waals surface area contributed by atoms with Gasteiger partial charge in [-0.15, -0.1) is 21.5 Å². The number of aryl methyl sites for hydroxylation is 2. The smallest absolute Gasteiger partial charge is 0.272 e. The van der Waals surface area contributed by atoms with Crippen LogP contribution in [0.2, 0.25) is 0 Å². The average Bonchev–Trinajstić information content (AvgIpc) is 3.39. The number of hydrogen-bond acceptors (Lipinski definition) is 5.